The number of para-hydroxylation sites is 1. The lowest BCUT2D eigenvalue weighted by Gasteiger charge is -2.13. The van der Waals surface area contributed by atoms with Crippen molar-refractivity contribution in [1.29, 1.82) is 0 Å². The third-order valence-electron chi connectivity index (χ3n) is 3.85. The van der Waals surface area contributed by atoms with Crippen LogP contribution in [0.4, 0.5) is 5.69 Å². The number of rotatable bonds is 5. The Morgan fingerprint density at radius 1 is 0.792 bits per heavy atom. The van der Waals surface area contributed by atoms with E-state index in [1.165, 1.54) is 0 Å². The SMILES string of the molecule is NC(=O)c1ccccc1N=CC(c1ccccc1)c1ccccc1. The van der Waals surface area contributed by atoms with E-state index < -0.39 is 5.91 Å². The first-order valence-electron chi connectivity index (χ1n) is 7.78. The van der Waals surface area contributed by atoms with E-state index in [1.54, 1.807) is 18.2 Å². The Labute approximate surface area is 141 Å². The van der Waals surface area contributed by atoms with Gasteiger partial charge in [0.15, 0.2) is 0 Å². The molecule has 3 aromatic carbocycles. The summed E-state index contributed by atoms with van der Waals surface area (Å²) in [6.07, 6.45) is 1.87. The molecule has 0 aromatic heterocycles. The fourth-order valence-corrected chi connectivity index (χ4v) is 2.63. The highest BCUT2D eigenvalue weighted by Crippen LogP contribution is 2.25. The molecule has 3 nitrogen and oxygen atoms in total. The minimum absolute atomic E-state index is 0.00772. The van der Waals surface area contributed by atoms with Gasteiger partial charge in [-0.05, 0) is 23.3 Å². The van der Waals surface area contributed by atoms with Crippen LogP contribution in [0.5, 0.6) is 0 Å². The van der Waals surface area contributed by atoms with E-state index in [0.717, 1.165) is 11.1 Å². The van der Waals surface area contributed by atoms with E-state index in [2.05, 4.69) is 29.3 Å². The number of carbonyl (C=O) groups excluding carboxylic acids is 1. The van der Waals surface area contributed by atoms with Crippen molar-refractivity contribution in [2.45, 2.75) is 5.92 Å². The molecule has 0 fully saturated rings. The Kier molecular flexibility index (Phi) is 4.82. The van der Waals surface area contributed by atoms with Crippen LogP contribution >= 0.6 is 0 Å². The summed E-state index contributed by atoms with van der Waals surface area (Å²) in [6, 6.07) is 27.4. The van der Waals surface area contributed by atoms with Crippen molar-refractivity contribution in [3.05, 3.63) is 102 Å². The molecule has 0 aliphatic carbocycles. The first-order chi connectivity index (χ1) is 11.8. The molecule has 1 amide bonds. The van der Waals surface area contributed by atoms with Crippen molar-refractivity contribution in [2.24, 2.45) is 10.7 Å². The normalized spacial score (nSPS) is 11.0. The lowest BCUT2D eigenvalue weighted by atomic mass is 9.92. The zero-order valence-corrected chi connectivity index (χ0v) is 13.2. The second-order valence-electron chi connectivity index (χ2n) is 5.46. The second kappa shape index (κ2) is 7.38. The van der Waals surface area contributed by atoms with Gasteiger partial charge in [0.05, 0.1) is 11.3 Å². The van der Waals surface area contributed by atoms with Crippen molar-refractivity contribution >= 4 is 17.8 Å². The number of amides is 1. The van der Waals surface area contributed by atoms with Crippen LogP contribution in [-0.4, -0.2) is 12.1 Å². The molecule has 0 aliphatic heterocycles. The number of carbonyl (C=O) groups is 1. The molecule has 0 bridgehead atoms. The molecule has 0 heterocycles. The molecule has 118 valence electrons. The maximum atomic E-state index is 11.6. The molecule has 3 aromatic rings. The van der Waals surface area contributed by atoms with E-state index in [1.807, 2.05) is 48.7 Å². The van der Waals surface area contributed by atoms with Gasteiger partial charge < -0.3 is 5.73 Å². The standard InChI is InChI=1S/C21H18N2O/c22-21(24)18-13-7-8-14-20(18)23-15-19(16-9-3-1-4-10-16)17-11-5-2-6-12-17/h1-15,19H,(H2,22,24). The smallest absolute Gasteiger partial charge is 0.250 e. The highest BCUT2D eigenvalue weighted by molar-refractivity contribution is 5.98. The molecule has 0 saturated heterocycles. The summed E-state index contributed by atoms with van der Waals surface area (Å²) in [5, 5.41) is 0. The van der Waals surface area contributed by atoms with Crippen molar-refractivity contribution < 1.29 is 4.79 Å². The van der Waals surface area contributed by atoms with Gasteiger partial charge in [-0.25, -0.2) is 0 Å². The molecule has 0 atom stereocenters. The molecular weight excluding hydrogens is 296 g/mol. The predicted octanol–water partition coefficient (Wildman–Crippen LogP) is 4.32. The van der Waals surface area contributed by atoms with Gasteiger partial charge in [-0.15, -0.1) is 0 Å². The zero-order chi connectivity index (χ0) is 16.8. The molecule has 3 heteroatoms. The van der Waals surface area contributed by atoms with Gasteiger partial charge >= 0.3 is 0 Å². The van der Waals surface area contributed by atoms with Gasteiger partial charge in [-0.2, -0.15) is 0 Å². The van der Waals surface area contributed by atoms with E-state index in [9.17, 15) is 4.79 Å². The lowest BCUT2D eigenvalue weighted by molar-refractivity contribution is 0.100. The maximum absolute atomic E-state index is 11.6. The summed E-state index contributed by atoms with van der Waals surface area (Å²) >= 11 is 0. The Bertz CT molecular complexity index is 802. The van der Waals surface area contributed by atoms with Crippen LogP contribution in [0.2, 0.25) is 0 Å². The third-order valence-corrected chi connectivity index (χ3v) is 3.85. The fourth-order valence-electron chi connectivity index (χ4n) is 2.63. The van der Waals surface area contributed by atoms with Gasteiger partial charge in [0, 0.05) is 12.1 Å². The maximum Gasteiger partial charge on any atom is 0.250 e. The van der Waals surface area contributed by atoms with Crippen molar-refractivity contribution in [3.8, 4) is 0 Å². The van der Waals surface area contributed by atoms with Crippen LogP contribution < -0.4 is 5.73 Å². The number of nitrogens with two attached hydrogens (primary N) is 1. The highest BCUT2D eigenvalue weighted by Gasteiger charge is 2.12. The topological polar surface area (TPSA) is 55.5 Å². The lowest BCUT2D eigenvalue weighted by Crippen LogP contribution is -2.11. The van der Waals surface area contributed by atoms with Crippen LogP contribution in [0.15, 0.2) is 89.9 Å². The summed E-state index contributed by atoms with van der Waals surface area (Å²) in [7, 11) is 0. The number of primary amides is 1. The quantitative estimate of drug-likeness (QED) is 0.701. The molecule has 3 rings (SSSR count). The molecule has 0 aliphatic rings. The average molecular weight is 314 g/mol. The number of aliphatic imine (C=N–C) groups is 1. The first-order valence-corrected chi connectivity index (χ1v) is 7.78. The number of hydrogen-bond acceptors (Lipinski definition) is 2. The van der Waals surface area contributed by atoms with Crippen molar-refractivity contribution in [1.82, 2.24) is 0 Å². The minimum atomic E-state index is -0.473. The van der Waals surface area contributed by atoms with E-state index >= 15 is 0 Å². The third kappa shape index (κ3) is 3.58. The number of benzene rings is 3. The molecule has 0 saturated carbocycles. The number of nitrogens with zero attached hydrogens (tertiary/aromatic N) is 1. The predicted molar refractivity (Wildman–Crippen MR) is 97.8 cm³/mol. The summed E-state index contributed by atoms with van der Waals surface area (Å²) in [6.45, 7) is 0. The molecule has 0 unspecified atom stereocenters. The van der Waals surface area contributed by atoms with Gasteiger partial charge in [-0.1, -0.05) is 72.8 Å². The highest BCUT2D eigenvalue weighted by atomic mass is 16.1. The molecular formula is C21H18N2O. The van der Waals surface area contributed by atoms with Crippen LogP contribution in [-0.2, 0) is 0 Å². The Morgan fingerprint density at radius 2 is 1.29 bits per heavy atom. The molecule has 2 N–H and O–H groups in total. The van der Waals surface area contributed by atoms with Crippen LogP contribution in [0.3, 0.4) is 0 Å². The first kappa shape index (κ1) is 15.7. The fraction of sp³-hybridized carbons (Fsp3) is 0.0476. The minimum Gasteiger partial charge on any atom is -0.366 e. The van der Waals surface area contributed by atoms with Gasteiger partial charge in [0.25, 0.3) is 5.91 Å². The van der Waals surface area contributed by atoms with Crippen molar-refractivity contribution in [3.63, 3.8) is 0 Å². The summed E-state index contributed by atoms with van der Waals surface area (Å²) < 4.78 is 0. The van der Waals surface area contributed by atoms with Gasteiger partial charge in [-0.3, -0.25) is 9.79 Å². The van der Waals surface area contributed by atoms with Gasteiger partial charge in [0.1, 0.15) is 0 Å². The zero-order valence-electron chi connectivity index (χ0n) is 13.2. The molecule has 24 heavy (non-hydrogen) atoms. The monoisotopic (exact) mass is 314 g/mol. The molecule has 0 spiro atoms. The van der Waals surface area contributed by atoms with Crippen LogP contribution in [0.1, 0.15) is 27.4 Å². The molecule has 0 radical (unpaired) electrons. The summed E-state index contributed by atoms with van der Waals surface area (Å²) in [5.74, 6) is -0.466. The Balaban J connectivity index is 2.01. The largest absolute Gasteiger partial charge is 0.366 e. The Morgan fingerprint density at radius 3 is 1.83 bits per heavy atom. The van der Waals surface area contributed by atoms with Gasteiger partial charge in [0.2, 0.25) is 0 Å². The van der Waals surface area contributed by atoms with Crippen molar-refractivity contribution in [2.75, 3.05) is 0 Å². The van der Waals surface area contributed by atoms with E-state index in [0.29, 0.717) is 11.3 Å². The number of hydrogen-bond donors (Lipinski definition) is 1. The van der Waals surface area contributed by atoms with Crippen LogP contribution in [0, 0.1) is 0 Å². The average Bonchev–Trinajstić information content (AvgIpc) is 2.64. The van der Waals surface area contributed by atoms with E-state index in [4.69, 9.17) is 5.73 Å². The summed E-state index contributed by atoms with van der Waals surface area (Å²) in [4.78, 5) is 16.1. The van der Waals surface area contributed by atoms with Crippen LogP contribution in [0.25, 0.3) is 0 Å². The second-order valence-corrected chi connectivity index (χ2v) is 5.46. The summed E-state index contributed by atoms with van der Waals surface area (Å²) in [5.41, 5.74) is 8.73. The van der Waals surface area contributed by atoms with E-state index in [-0.39, 0.29) is 5.92 Å². The Hall–Kier alpha value is -3.20.